The fraction of sp³-hybridized carbons (Fsp3) is 0.100. The maximum Gasteiger partial charge on any atom is 0.245 e. The van der Waals surface area contributed by atoms with E-state index < -0.39 is 0 Å². The van der Waals surface area contributed by atoms with Gasteiger partial charge in [-0.2, -0.15) is 4.98 Å². The zero-order chi connectivity index (χ0) is 12.5. The zero-order valence-electron chi connectivity index (χ0n) is 8.85. The topological polar surface area (TPSA) is 69.2 Å². The monoisotopic (exact) mass is 284 g/mol. The third-order valence-corrected chi connectivity index (χ3v) is 2.67. The van der Waals surface area contributed by atoms with Crippen molar-refractivity contribution in [2.45, 2.75) is 0 Å². The molecule has 0 bridgehead atoms. The van der Waals surface area contributed by atoms with E-state index in [1.165, 1.54) is 0 Å². The molecule has 0 radical (unpaired) electrons. The molecule has 1 aromatic carbocycles. The number of fused-ring (bicyclic) bond motifs is 1. The quantitative estimate of drug-likeness (QED) is 0.914. The molecular formula is C10H6Cl2N4O2. The molecular weight excluding hydrogens is 279 g/mol. The van der Waals surface area contributed by atoms with Crippen LogP contribution in [0.25, 0.3) is 0 Å². The number of benzene rings is 1. The lowest BCUT2D eigenvalue weighted by Gasteiger charge is -2.07. The first-order chi connectivity index (χ1) is 8.72. The number of rotatable bonds is 2. The summed E-state index contributed by atoms with van der Waals surface area (Å²) >= 11 is 11.5. The Kier molecular flexibility index (Phi) is 2.81. The van der Waals surface area contributed by atoms with Crippen LogP contribution in [-0.4, -0.2) is 22.0 Å². The molecule has 6 nitrogen and oxygen atoms in total. The minimum absolute atomic E-state index is 0.0163. The predicted octanol–water partition coefficient (Wildman–Crippen LogP) is 2.65. The first kappa shape index (κ1) is 11.3. The fourth-order valence-electron chi connectivity index (χ4n) is 1.48. The van der Waals surface area contributed by atoms with Gasteiger partial charge in [0.25, 0.3) is 0 Å². The van der Waals surface area contributed by atoms with Crippen LogP contribution in [0.5, 0.6) is 11.5 Å². The van der Waals surface area contributed by atoms with Crippen LogP contribution in [-0.2, 0) is 0 Å². The Bertz CT molecular complexity index is 608. The number of hydrogen-bond acceptors (Lipinski definition) is 6. The van der Waals surface area contributed by atoms with Gasteiger partial charge in [0.15, 0.2) is 22.5 Å². The second-order valence-corrected chi connectivity index (χ2v) is 4.11. The Morgan fingerprint density at radius 2 is 1.94 bits per heavy atom. The largest absolute Gasteiger partial charge is 0.454 e. The van der Waals surface area contributed by atoms with Gasteiger partial charge in [-0.25, -0.2) is 0 Å². The molecule has 18 heavy (non-hydrogen) atoms. The molecule has 0 fully saturated rings. The normalized spacial score (nSPS) is 12.6. The van der Waals surface area contributed by atoms with Gasteiger partial charge in [0.2, 0.25) is 12.1 Å². The van der Waals surface area contributed by atoms with E-state index in [2.05, 4.69) is 20.5 Å². The average Bonchev–Trinajstić information content (AvgIpc) is 2.81. The second kappa shape index (κ2) is 4.47. The van der Waals surface area contributed by atoms with Crippen LogP contribution in [0.2, 0.25) is 10.4 Å². The predicted molar refractivity (Wildman–Crippen MR) is 65.7 cm³/mol. The number of nitrogens with zero attached hydrogens (tertiary/aromatic N) is 3. The third-order valence-electron chi connectivity index (χ3n) is 2.26. The van der Waals surface area contributed by atoms with E-state index in [0.717, 1.165) is 5.69 Å². The van der Waals surface area contributed by atoms with Crippen LogP contribution in [0.1, 0.15) is 0 Å². The minimum Gasteiger partial charge on any atom is -0.454 e. The van der Waals surface area contributed by atoms with Gasteiger partial charge in [0, 0.05) is 11.8 Å². The van der Waals surface area contributed by atoms with E-state index in [1.54, 1.807) is 18.2 Å². The van der Waals surface area contributed by atoms with Gasteiger partial charge < -0.3 is 14.8 Å². The first-order valence-corrected chi connectivity index (χ1v) is 5.70. The molecule has 0 aliphatic carbocycles. The van der Waals surface area contributed by atoms with Gasteiger partial charge in [0.1, 0.15) is 0 Å². The van der Waals surface area contributed by atoms with Crippen LogP contribution in [0.15, 0.2) is 18.2 Å². The van der Waals surface area contributed by atoms with Crippen LogP contribution in [0, 0.1) is 0 Å². The number of hydrogen-bond donors (Lipinski definition) is 1. The highest BCUT2D eigenvalue weighted by molar-refractivity contribution is 6.32. The highest BCUT2D eigenvalue weighted by Gasteiger charge is 2.14. The molecule has 1 N–H and O–H groups in total. The van der Waals surface area contributed by atoms with E-state index in [-0.39, 0.29) is 17.2 Å². The van der Waals surface area contributed by atoms with E-state index in [9.17, 15) is 0 Å². The Morgan fingerprint density at radius 1 is 1.11 bits per heavy atom. The van der Waals surface area contributed by atoms with Crippen molar-refractivity contribution in [3.63, 3.8) is 0 Å². The molecule has 1 aromatic heterocycles. The van der Waals surface area contributed by atoms with E-state index >= 15 is 0 Å². The summed E-state index contributed by atoms with van der Waals surface area (Å²) in [4.78, 5) is 3.94. The molecule has 2 heterocycles. The van der Waals surface area contributed by atoms with Gasteiger partial charge in [-0.05, 0) is 23.7 Å². The van der Waals surface area contributed by atoms with Gasteiger partial charge >= 0.3 is 0 Å². The zero-order valence-corrected chi connectivity index (χ0v) is 10.4. The Hall–Kier alpha value is -1.79. The van der Waals surface area contributed by atoms with Crippen molar-refractivity contribution in [1.82, 2.24) is 15.2 Å². The van der Waals surface area contributed by atoms with E-state index in [0.29, 0.717) is 17.3 Å². The van der Waals surface area contributed by atoms with Gasteiger partial charge in [-0.15, -0.1) is 10.2 Å². The third kappa shape index (κ3) is 2.12. The molecule has 8 heteroatoms. The lowest BCUT2D eigenvalue weighted by Crippen LogP contribution is -1.98. The van der Waals surface area contributed by atoms with Gasteiger partial charge in [-0.3, -0.25) is 0 Å². The number of ether oxygens (including phenoxy) is 2. The fourth-order valence-corrected chi connectivity index (χ4v) is 1.73. The van der Waals surface area contributed by atoms with Crippen molar-refractivity contribution in [1.29, 1.82) is 0 Å². The molecule has 0 saturated heterocycles. The number of aromatic nitrogens is 3. The Balaban J connectivity index is 1.90. The summed E-state index contributed by atoms with van der Waals surface area (Å²) in [5.74, 6) is 1.69. The first-order valence-electron chi connectivity index (χ1n) is 4.95. The summed E-state index contributed by atoms with van der Waals surface area (Å²) in [7, 11) is 0. The summed E-state index contributed by atoms with van der Waals surface area (Å²) in [6.07, 6.45) is 0. The SMILES string of the molecule is Clc1nnc(Cl)c(Nc2ccc3c(c2)OCO3)n1. The van der Waals surface area contributed by atoms with Crippen molar-refractivity contribution in [2.24, 2.45) is 0 Å². The summed E-state index contributed by atoms with van der Waals surface area (Å²) in [5.41, 5.74) is 0.734. The number of halogens is 2. The minimum atomic E-state index is 0.0163. The van der Waals surface area contributed by atoms with Crippen LogP contribution < -0.4 is 14.8 Å². The second-order valence-electron chi connectivity index (χ2n) is 3.41. The molecule has 0 unspecified atom stereocenters. The van der Waals surface area contributed by atoms with Crippen LogP contribution in [0.3, 0.4) is 0 Å². The molecule has 92 valence electrons. The molecule has 0 spiro atoms. The molecule has 2 aromatic rings. The van der Waals surface area contributed by atoms with Crippen molar-refractivity contribution < 1.29 is 9.47 Å². The van der Waals surface area contributed by atoms with Crippen molar-refractivity contribution in [3.05, 3.63) is 28.6 Å². The highest BCUT2D eigenvalue weighted by atomic mass is 35.5. The van der Waals surface area contributed by atoms with Crippen molar-refractivity contribution in [2.75, 3.05) is 12.1 Å². The van der Waals surface area contributed by atoms with E-state index in [1.807, 2.05) is 0 Å². The van der Waals surface area contributed by atoms with E-state index in [4.69, 9.17) is 32.7 Å². The molecule has 0 saturated carbocycles. The lowest BCUT2D eigenvalue weighted by molar-refractivity contribution is 0.174. The molecule has 0 amide bonds. The maximum absolute atomic E-state index is 5.85. The highest BCUT2D eigenvalue weighted by Crippen LogP contribution is 2.35. The molecule has 1 aliphatic rings. The van der Waals surface area contributed by atoms with Crippen molar-refractivity contribution >= 4 is 34.7 Å². The van der Waals surface area contributed by atoms with Crippen LogP contribution in [0.4, 0.5) is 11.5 Å². The van der Waals surface area contributed by atoms with Gasteiger partial charge in [0.05, 0.1) is 0 Å². The van der Waals surface area contributed by atoms with Crippen LogP contribution >= 0.6 is 23.2 Å². The molecule has 1 aliphatic heterocycles. The summed E-state index contributed by atoms with van der Waals surface area (Å²) in [6, 6.07) is 5.36. The smallest absolute Gasteiger partial charge is 0.245 e. The Morgan fingerprint density at radius 3 is 2.83 bits per heavy atom. The Labute approximate surface area is 112 Å². The maximum atomic E-state index is 5.85. The van der Waals surface area contributed by atoms with Gasteiger partial charge in [-0.1, -0.05) is 11.6 Å². The number of anilines is 2. The molecule has 3 rings (SSSR count). The molecule has 0 atom stereocenters. The lowest BCUT2D eigenvalue weighted by atomic mass is 10.3. The summed E-state index contributed by atoms with van der Waals surface area (Å²) < 4.78 is 10.5. The van der Waals surface area contributed by atoms with Crippen molar-refractivity contribution in [3.8, 4) is 11.5 Å². The number of nitrogens with one attached hydrogen (secondary N) is 1. The summed E-state index contributed by atoms with van der Waals surface area (Å²) in [5, 5.41) is 10.3. The summed E-state index contributed by atoms with van der Waals surface area (Å²) in [6.45, 7) is 0.223. The average molecular weight is 285 g/mol. The standard InChI is InChI=1S/C10H6Cl2N4O2/c11-8-9(14-10(12)16-15-8)13-5-1-2-6-7(3-5)18-4-17-6/h1-3H,4H2,(H,13,14,16).